The Kier molecular flexibility index (Phi) is 2.07. The summed E-state index contributed by atoms with van der Waals surface area (Å²) in [6.45, 7) is 0. The molecule has 0 unspecified atom stereocenters. The molecule has 0 saturated carbocycles. The number of anilines is 1. The number of fused-ring (bicyclic) bond motifs is 1. The summed E-state index contributed by atoms with van der Waals surface area (Å²) in [7, 11) is 0. The van der Waals surface area contributed by atoms with E-state index in [0.717, 1.165) is 5.56 Å². The van der Waals surface area contributed by atoms with Gasteiger partial charge in [0.05, 0.1) is 4.47 Å². The van der Waals surface area contributed by atoms with Crippen molar-refractivity contribution in [2.24, 2.45) is 0 Å². The standard InChI is InChI=1S/C9H7BrFNO/c10-6-3-5-1-2-9(13)12-8(5)4-7(6)11/h3-4H,1-2H2,(H,12,13). The van der Waals surface area contributed by atoms with E-state index >= 15 is 0 Å². The highest BCUT2D eigenvalue weighted by atomic mass is 79.9. The first-order valence-electron chi connectivity index (χ1n) is 3.94. The monoisotopic (exact) mass is 243 g/mol. The second-order valence-electron chi connectivity index (χ2n) is 2.97. The second-order valence-corrected chi connectivity index (χ2v) is 3.83. The van der Waals surface area contributed by atoms with E-state index in [0.29, 0.717) is 23.0 Å². The van der Waals surface area contributed by atoms with Gasteiger partial charge in [-0.3, -0.25) is 4.79 Å². The minimum absolute atomic E-state index is 0.0470. The first-order valence-corrected chi connectivity index (χ1v) is 4.74. The molecular weight excluding hydrogens is 237 g/mol. The third kappa shape index (κ3) is 1.58. The molecule has 0 radical (unpaired) electrons. The fourth-order valence-electron chi connectivity index (χ4n) is 1.37. The highest BCUT2D eigenvalue weighted by Crippen LogP contribution is 2.28. The number of nitrogens with one attached hydrogen (secondary N) is 1. The molecule has 13 heavy (non-hydrogen) atoms. The molecule has 1 aromatic rings. The van der Waals surface area contributed by atoms with E-state index < -0.39 is 0 Å². The molecule has 1 aliphatic heterocycles. The first kappa shape index (κ1) is 8.69. The minimum Gasteiger partial charge on any atom is -0.326 e. The topological polar surface area (TPSA) is 29.1 Å². The third-order valence-corrected chi connectivity index (χ3v) is 2.65. The molecule has 0 fully saturated rings. The predicted octanol–water partition coefficient (Wildman–Crippen LogP) is 2.47. The van der Waals surface area contributed by atoms with Gasteiger partial charge in [-0.25, -0.2) is 4.39 Å². The molecule has 1 aliphatic rings. The summed E-state index contributed by atoms with van der Waals surface area (Å²) < 4.78 is 13.5. The number of halogens is 2. The Morgan fingerprint density at radius 2 is 2.15 bits per heavy atom. The van der Waals surface area contributed by atoms with Crippen LogP contribution < -0.4 is 5.32 Å². The Bertz CT molecular complexity index is 378. The Morgan fingerprint density at radius 3 is 2.92 bits per heavy atom. The average molecular weight is 244 g/mol. The lowest BCUT2D eigenvalue weighted by Crippen LogP contribution is -2.19. The number of aryl methyl sites for hydroxylation is 1. The maximum absolute atomic E-state index is 13.0. The van der Waals surface area contributed by atoms with Crippen LogP contribution in [0.3, 0.4) is 0 Å². The maximum Gasteiger partial charge on any atom is 0.224 e. The van der Waals surface area contributed by atoms with Crippen LogP contribution in [0.5, 0.6) is 0 Å². The third-order valence-electron chi connectivity index (χ3n) is 2.04. The molecule has 0 aromatic heterocycles. The van der Waals surface area contributed by atoms with Gasteiger partial charge < -0.3 is 5.32 Å². The van der Waals surface area contributed by atoms with Gasteiger partial charge in [-0.2, -0.15) is 0 Å². The van der Waals surface area contributed by atoms with Crippen molar-refractivity contribution >= 4 is 27.5 Å². The van der Waals surface area contributed by atoms with Gasteiger partial charge in [-0.1, -0.05) is 0 Å². The normalized spacial score (nSPS) is 15.1. The number of rotatable bonds is 0. The largest absolute Gasteiger partial charge is 0.326 e. The molecule has 0 bridgehead atoms. The summed E-state index contributed by atoms with van der Waals surface area (Å²) in [5.74, 6) is -0.393. The number of benzene rings is 1. The maximum atomic E-state index is 13.0. The molecule has 0 aliphatic carbocycles. The van der Waals surface area contributed by atoms with E-state index in [1.807, 2.05) is 0 Å². The smallest absolute Gasteiger partial charge is 0.224 e. The van der Waals surface area contributed by atoms with Gasteiger partial charge >= 0.3 is 0 Å². The van der Waals surface area contributed by atoms with Crippen LogP contribution in [0.1, 0.15) is 12.0 Å². The zero-order valence-corrected chi connectivity index (χ0v) is 8.32. The lowest BCUT2D eigenvalue weighted by atomic mass is 10.0. The van der Waals surface area contributed by atoms with Crippen LogP contribution in [0, 0.1) is 5.82 Å². The van der Waals surface area contributed by atoms with E-state index in [1.165, 1.54) is 6.07 Å². The summed E-state index contributed by atoms with van der Waals surface area (Å²) in [5, 5.41) is 2.63. The molecule has 1 aromatic carbocycles. The van der Waals surface area contributed by atoms with Gasteiger partial charge in [0.25, 0.3) is 0 Å². The quantitative estimate of drug-likeness (QED) is 0.746. The van der Waals surface area contributed by atoms with Gasteiger partial charge in [0.15, 0.2) is 0 Å². The number of carbonyl (C=O) groups is 1. The fraction of sp³-hybridized carbons (Fsp3) is 0.222. The molecule has 0 saturated heterocycles. The minimum atomic E-state index is -0.346. The van der Waals surface area contributed by atoms with E-state index in [2.05, 4.69) is 21.2 Å². The summed E-state index contributed by atoms with van der Waals surface area (Å²) >= 11 is 3.10. The first-order chi connectivity index (χ1) is 6.16. The molecule has 1 heterocycles. The van der Waals surface area contributed by atoms with Crippen LogP contribution >= 0.6 is 15.9 Å². The van der Waals surface area contributed by atoms with Gasteiger partial charge in [0.2, 0.25) is 5.91 Å². The summed E-state index contributed by atoms with van der Waals surface area (Å²) in [5.41, 5.74) is 1.57. The van der Waals surface area contributed by atoms with Crippen molar-refractivity contribution in [3.05, 3.63) is 28.0 Å². The van der Waals surface area contributed by atoms with E-state index in [-0.39, 0.29) is 11.7 Å². The van der Waals surface area contributed by atoms with Crippen molar-refractivity contribution in [1.82, 2.24) is 0 Å². The Morgan fingerprint density at radius 1 is 1.38 bits per heavy atom. The van der Waals surface area contributed by atoms with Crippen molar-refractivity contribution in [2.75, 3.05) is 5.32 Å². The average Bonchev–Trinajstić information content (AvgIpc) is 2.08. The van der Waals surface area contributed by atoms with Crippen molar-refractivity contribution in [3.8, 4) is 0 Å². The number of hydrogen-bond acceptors (Lipinski definition) is 1. The van der Waals surface area contributed by atoms with Crippen molar-refractivity contribution in [1.29, 1.82) is 0 Å². The van der Waals surface area contributed by atoms with E-state index in [1.54, 1.807) is 6.07 Å². The Balaban J connectivity index is 2.49. The van der Waals surface area contributed by atoms with Gasteiger partial charge in [-0.05, 0) is 40.0 Å². The molecule has 68 valence electrons. The number of amides is 1. The van der Waals surface area contributed by atoms with Crippen LogP contribution in [0.15, 0.2) is 16.6 Å². The SMILES string of the molecule is O=C1CCc2cc(Br)c(F)cc2N1. The van der Waals surface area contributed by atoms with Crippen LogP contribution in [0.2, 0.25) is 0 Å². The molecule has 2 nitrogen and oxygen atoms in total. The summed E-state index contributed by atoms with van der Waals surface area (Å²) in [6.07, 6.45) is 1.16. The summed E-state index contributed by atoms with van der Waals surface area (Å²) in [6, 6.07) is 3.06. The molecule has 1 amide bonds. The van der Waals surface area contributed by atoms with E-state index in [9.17, 15) is 9.18 Å². The van der Waals surface area contributed by atoms with Crippen LogP contribution in [-0.2, 0) is 11.2 Å². The van der Waals surface area contributed by atoms with Gasteiger partial charge in [0, 0.05) is 12.1 Å². The molecule has 0 atom stereocenters. The highest BCUT2D eigenvalue weighted by Gasteiger charge is 2.16. The molecule has 1 N–H and O–H groups in total. The molecule has 2 rings (SSSR count). The van der Waals surface area contributed by atoms with Crippen molar-refractivity contribution < 1.29 is 9.18 Å². The van der Waals surface area contributed by atoms with Crippen LogP contribution in [0.25, 0.3) is 0 Å². The predicted molar refractivity (Wildman–Crippen MR) is 51.1 cm³/mol. The fourth-order valence-corrected chi connectivity index (χ4v) is 1.76. The lowest BCUT2D eigenvalue weighted by molar-refractivity contribution is -0.116. The van der Waals surface area contributed by atoms with Crippen molar-refractivity contribution in [3.63, 3.8) is 0 Å². The van der Waals surface area contributed by atoms with Gasteiger partial charge in [-0.15, -0.1) is 0 Å². The highest BCUT2D eigenvalue weighted by molar-refractivity contribution is 9.10. The number of carbonyl (C=O) groups excluding carboxylic acids is 1. The van der Waals surface area contributed by atoms with E-state index in [4.69, 9.17) is 0 Å². The van der Waals surface area contributed by atoms with Gasteiger partial charge in [0.1, 0.15) is 5.82 Å². The molecular formula is C9H7BrFNO. The van der Waals surface area contributed by atoms with Crippen LogP contribution in [0.4, 0.5) is 10.1 Å². The molecule has 0 spiro atoms. The zero-order chi connectivity index (χ0) is 9.42. The number of hydrogen-bond donors (Lipinski definition) is 1. The summed E-state index contributed by atoms with van der Waals surface area (Å²) in [4.78, 5) is 11.0. The Hall–Kier alpha value is -0.900. The van der Waals surface area contributed by atoms with Crippen molar-refractivity contribution in [2.45, 2.75) is 12.8 Å². The molecule has 4 heteroatoms. The lowest BCUT2D eigenvalue weighted by Gasteiger charge is -2.16. The Labute approximate surface area is 83.3 Å². The zero-order valence-electron chi connectivity index (χ0n) is 6.73. The second kappa shape index (κ2) is 3.10. The van der Waals surface area contributed by atoms with Crippen LogP contribution in [-0.4, -0.2) is 5.91 Å².